The average molecular weight is 387 g/mol. The molecular weight excluding hydrogens is 365 g/mol. The maximum Gasteiger partial charge on any atom is 0.228 e. The number of hydrogen-bond acceptors (Lipinski definition) is 3. The third kappa shape index (κ3) is 6.79. The molecule has 1 atom stereocenters. The van der Waals surface area contributed by atoms with E-state index in [9.17, 15) is 4.79 Å². The van der Waals surface area contributed by atoms with E-state index in [-0.39, 0.29) is 36.6 Å². The fraction of sp³-hybridized carbons (Fsp3) is 0.462. The van der Waals surface area contributed by atoms with Crippen LogP contribution in [-0.4, -0.2) is 18.5 Å². The Morgan fingerprint density at radius 1 is 1.25 bits per heavy atom. The molecule has 0 aliphatic rings. The van der Waals surface area contributed by atoms with E-state index in [4.69, 9.17) is 5.73 Å². The zero-order chi connectivity index (χ0) is 13.7. The number of anilines is 2. The standard InChI is InChI=1S/C13H20BrN3O.2ClH/c1-8(2)16-11-5-4-10(14)6-12(11)17-13(18)9(3)7-15;;/h4-6,8-9,16H,7,15H2,1-3H3,(H,17,18);2*1H. The van der Waals surface area contributed by atoms with Gasteiger partial charge in [-0.1, -0.05) is 22.9 Å². The largest absolute Gasteiger partial charge is 0.381 e. The summed E-state index contributed by atoms with van der Waals surface area (Å²) >= 11 is 3.40. The lowest BCUT2D eigenvalue weighted by Crippen LogP contribution is -2.27. The highest BCUT2D eigenvalue weighted by molar-refractivity contribution is 9.10. The first kappa shape index (κ1) is 21.8. The molecule has 1 aromatic rings. The van der Waals surface area contributed by atoms with Gasteiger partial charge in [-0.25, -0.2) is 0 Å². The van der Waals surface area contributed by atoms with Gasteiger partial charge in [0.25, 0.3) is 0 Å². The average Bonchev–Trinajstić information content (AvgIpc) is 2.31. The molecule has 4 N–H and O–H groups in total. The number of nitrogens with two attached hydrogens (primary N) is 1. The maximum absolute atomic E-state index is 11.9. The van der Waals surface area contributed by atoms with Crippen LogP contribution in [0.1, 0.15) is 20.8 Å². The summed E-state index contributed by atoms with van der Waals surface area (Å²) in [7, 11) is 0. The third-order valence-electron chi connectivity index (χ3n) is 2.48. The van der Waals surface area contributed by atoms with Gasteiger partial charge >= 0.3 is 0 Å². The smallest absolute Gasteiger partial charge is 0.228 e. The van der Waals surface area contributed by atoms with Crippen LogP contribution >= 0.6 is 40.7 Å². The van der Waals surface area contributed by atoms with Crippen LogP contribution in [0.5, 0.6) is 0 Å². The maximum atomic E-state index is 11.9. The van der Waals surface area contributed by atoms with E-state index < -0.39 is 0 Å². The van der Waals surface area contributed by atoms with Crippen molar-refractivity contribution in [1.82, 2.24) is 0 Å². The quantitative estimate of drug-likeness (QED) is 0.723. The molecule has 1 aromatic carbocycles. The Balaban J connectivity index is 0. The van der Waals surface area contributed by atoms with Crippen molar-refractivity contribution in [2.45, 2.75) is 26.8 Å². The molecule has 0 bridgehead atoms. The van der Waals surface area contributed by atoms with Gasteiger partial charge in [-0.2, -0.15) is 0 Å². The summed E-state index contributed by atoms with van der Waals surface area (Å²) < 4.78 is 0.924. The summed E-state index contributed by atoms with van der Waals surface area (Å²) in [5, 5.41) is 6.19. The SMILES string of the molecule is CC(C)Nc1ccc(Br)cc1NC(=O)C(C)CN.Cl.Cl. The minimum Gasteiger partial charge on any atom is -0.381 e. The number of hydrogen-bond donors (Lipinski definition) is 3. The molecule has 0 heterocycles. The summed E-state index contributed by atoms with van der Waals surface area (Å²) in [6, 6.07) is 6.06. The Kier molecular flexibility index (Phi) is 11.2. The molecule has 0 aromatic heterocycles. The Morgan fingerprint density at radius 2 is 1.85 bits per heavy atom. The van der Waals surface area contributed by atoms with Crippen LogP contribution in [0.3, 0.4) is 0 Å². The van der Waals surface area contributed by atoms with Crippen molar-refractivity contribution in [3.63, 3.8) is 0 Å². The van der Waals surface area contributed by atoms with Gasteiger partial charge in [0.05, 0.1) is 11.4 Å². The van der Waals surface area contributed by atoms with Crippen molar-refractivity contribution in [1.29, 1.82) is 0 Å². The lowest BCUT2D eigenvalue weighted by Gasteiger charge is -2.17. The van der Waals surface area contributed by atoms with Crippen molar-refractivity contribution in [2.24, 2.45) is 11.7 Å². The van der Waals surface area contributed by atoms with E-state index in [1.807, 2.05) is 25.1 Å². The highest BCUT2D eigenvalue weighted by Crippen LogP contribution is 2.27. The van der Waals surface area contributed by atoms with Crippen LogP contribution in [0.15, 0.2) is 22.7 Å². The highest BCUT2D eigenvalue weighted by atomic mass is 79.9. The van der Waals surface area contributed by atoms with E-state index in [2.05, 4.69) is 40.4 Å². The van der Waals surface area contributed by atoms with E-state index >= 15 is 0 Å². The summed E-state index contributed by atoms with van der Waals surface area (Å²) in [6.07, 6.45) is 0. The van der Waals surface area contributed by atoms with Crippen LogP contribution < -0.4 is 16.4 Å². The molecule has 20 heavy (non-hydrogen) atoms. The molecular formula is C13H22BrCl2N3O. The number of nitrogens with one attached hydrogen (secondary N) is 2. The molecule has 0 fully saturated rings. The van der Waals surface area contributed by atoms with Gasteiger partial charge in [0.15, 0.2) is 0 Å². The number of halogens is 3. The van der Waals surface area contributed by atoms with Crippen molar-refractivity contribution in [3.8, 4) is 0 Å². The van der Waals surface area contributed by atoms with Crippen molar-refractivity contribution < 1.29 is 4.79 Å². The van der Waals surface area contributed by atoms with Gasteiger partial charge < -0.3 is 16.4 Å². The molecule has 4 nitrogen and oxygen atoms in total. The second kappa shape index (κ2) is 10.3. The van der Waals surface area contributed by atoms with Crippen LogP contribution in [0.25, 0.3) is 0 Å². The molecule has 0 aliphatic heterocycles. The first-order valence-electron chi connectivity index (χ1n) is 6.01. The summed E-state index contributed by atoms with van der Waals surface area (Å²) in [4.78, 5) is 11.9. The topological polar surface area (TPSA) is 67.1 Å². The molecule has 0 saturated carbocycles. The van der Waals surface area contributed by atoms with Crippen molar-refractivity contribution in [3.05, 3.63) is 22.7 Å². The Bertz CT molecular complexity index is 430. The summed E-state index contributed by atoms with van der Waals surface area (Å²) in [6.45, 7) is 6.25. The summed E-state index contributed by atoms with van der Waals surface area (Å²) in [5.41, 5.74) is 7.16. The van der Waals surface area contributed by atoms with Gasteiger partial charge in [-0.05, 0) is 32.0 Å². The predicted octanol–water partition coefficient (Wildman–Crippen LogP) is 3.65. The van der Waals surface area contributed by atoms with Gasteiger partial charge in [0.1, 0.15) is 0 Å². The number of rotatable bonds is 5. The van der Waals surface area contributed by atoms with Gasteiger partial charge in [-0.3, -0.25) is 4.79 Å². The van der Waals surface area contributed by atoms with Crippen molar-refractivity contribution in [2.75, 3.05) is 17.2 Å². The molecule has 0 aliphatic carbocycles. The number of carbonyl (C=O) groups excluding carboxylic acids is 1. The third-order valence-corrected chi connectivity index (χ3v) is 2.98. The summed E-state index contributed by atoms with van der Waals surface area (Å²) in [5.74, 6) is -0.265. The van der Waals surface area contributed by atoms with Crippen LogP contribution in [0.4, 0.5) is 11.4 Å². The lowest BCUT2D eigenvalue weighted by atomic mass is 10.1. The van der Waals surface area contributed by atoms with Gasteiger partial charge in [0.2, 0.25) is 5.91 Å². The monoisotopic (exact) mass is 385 g/mol. The molecule has 0 saturated heterocycles. The minimum atomic E-state index is -0.198. The fourth-order valence-electron chi connectivity index (χ4n) is 1.42. The Hall–Kier alpha value is -0.490. The lowest BCUT2D eigenvalue weighted by molar-refractivity contribution is -0.119. The highest BCUT2D eigenvalue weighted by Gasteiger charge is 2.13. The van der Waals surface area contributed by atoms with E-state index in [1.165, 1.54) is 0 Å². The van der Waals surface area contributed by atoms with Crippen LogP contribution in [-0.2, 0) is 4.79 Å². The zero-order valence-electron chi connectivity index (χ0n) is 11.8. The van der Waals surface area contributed by atoms with Crippen LogP contribution in [0.2, 0.25) is 0 Å². The predicted molar refractivity (Wildman–Crippen MR) is 94.2 cm³/mol. The normalized spacial score (nSPS) is 11.1. The van der Waals surface area contributed by atoms with Gasteiger partial charge in [0, 0.05) is 23.0 Å². The van der Waals surface area contributed by atoms with E-state index in [1.54, 1.807) is 0 Å². The van der Waals surface area contributed by atoms with Crippen molar-refractivity contribution >= 4 is 58.0 Å². The number of amides is 1. The van der Waals surface area contributed by atoms with E-state index in [0.29, 0.717) is 12.6 Å². The number of carbonyl (C=O) groups is 1. The zero-order valence-corrected chi connectivity index (χ0v) is 15.0. The van der Waals surface area contributed by atoms with E-state index in [0.717, 1.165) is 15.8 Å². The first-order valence-corrected chi connectivity index (χ1v) is 6.80. The van der Waals surface area contributed by atoms with Gasteiger partial charge in [-0.15, -0.1) is 24.8 Å². The second-order valence-corrected chi connectivity index (χ2v) is 5.53. The minimum absolute atomic E-state index is 0. The fourth-order valence-corrected chi connectivity index (χ4v) is 1.78. The van der Waals surface area contributed by atoms with Crippen LogP contribution in [0, 0.1) is 5.92 Å². The molecule has 0 spiro atoms. The Morgan fingerprint density at radius 3 is 2.35 bits per heavy atom. The molecule has 1 rings (SSSR count). The molecule has 0 radical (unpaired) electrons. The second-order valence-electron chi connectivity index (χ2n) is 4.61. The molecule has 116 valence electrons. The Labute approximate surface area is 141 Å². The molecule has 7 heteroatoms. The molecule has 1 unspecified atom stereocenters. The molecule has 1 amide bonds. The first-order chi connectivity index (χ1) is 8.43. The number of benzene rings is 1.